The van der Waals surface area contributed by atoms with Crippen LogP contribution in [0, 0.1) is 0 Å². The van der Waals surface area contributed by atoms with E-state index in [9.17, 15) is 9.59 Å². The van der Waals surface area contributed by atoms with E-state index in [2.05, 4.69) is 15.8 Å². The molecule has 8 nitrogen and oxygen atoms in total. The monoisotopic (exact) mass is 385 g/mol. The molecule has 1 atom stereocenters. The lowest BCUT2D eigenvalue weighted by atomic mass is 10.1. The lowest BCUT2D eigenvalue weighted by molar-refractivity contribution is -0.139. The number of hydrazone groups is 1. The molecule has 28 heavy (non-hydrogen) atoms. The molecule has 0 unspecified atom stereocenters. The van der Waals surface area contributed by atoms with Crippen LogP contribution in [-0.2, 0) is 9.59 Å². The van der Waals surface area contributed by atoms with Crippen LogP contribution in [0.3, 0.4) is 0 Å². The van der Waals surface area contributed by atoms with Gasteiger partial charge in [0.1, 0.15) is 0 Å². The molecule has 8 heteroatoms. The minimum absolute atomic E-state index is 0.307. The lowest BCUT2D eigenvalue weighted by Crippen LogP contribution is -2.39. The molecule has 0 aliphatic heterocycles. The van der Waals surface area contributed by atoms with Crippen molar-refractivity contribution in [1.82, 2.24) is 10.7 Å². The number of carbonyl (C=O) groups is 2. The highest BCUT2D eigenvalue weighted by Crippen LogP contribution is 2.37. The van der Waals surface area contributed by atoms with E-state index in [-0.39, 0.29) is 6.04 Å². The predicted octanol–water partition coefficient (Wildman–Crippen LogP) is 2.04. The molecule has 2 aromatic carbocycles. The second kappa shape index (κ2) is 9.96. The summed E-state index contributed by atoms with van der Waals surface area (Å²) in [4.78, 5) is 23.9. The number of ether oxygens (including phenoxy) is 3. The molecule has 0 saturated heterocycles. The number of hydrogen-bond acceptors (Lipinski definition) is 6. The van der Waals surface area contributed by atoms with Crippen molar-refractivity contribution in [3.05, 3.63) is 53.6 Å². The molecular weight excluding hydrogens is 362 g/mol. The van der Waals surface area contributed by atoms with Gasteiger partial charge in [-0.25, -0.2) is 5.43 Å². The number of amides is 2. The highest BCUT2D eigenvalue weighted by molar-refractivity contribution is 6.35. The Morgan fingerprint density at radius 1 is 0.964 bits per heavy atom. The first-order valence-corrected chi connectivity index (χ1v) is 8.49. The Morgan fingerprint density at radius 3 is 2.11 bits per heavy atom. The smallest absolute Gasteiger partial charge is 0.329 e. The normalized spacial score (nSPS) is 11.6. The number of methoxy groups -OCH3 is 3. The Bertz CT molecular complexity index is 827. The van der Waals surface area contributed by atoms with Gasteiger partial charge in [-0.3, -0.25) is 9.59 Å². The minimum atomic E-state index is -0.869. The second-order valence-electron chi connectivity index (χ2n) is 5.76. The highest BCUT2D eigenvalue weighted by Gasteiger charge is 2.16. The number of nitrogens with zero attached hydrogens (tertiary/aromatic N) is 1. The maximum absolute atomic E-state index is 12.0. The Morgan fingerprint density at radius 2 is 1.57 bits per heavy atom. The summed E-state index contributed by atoms with van der Waals surface area (Å²) in [6, 6.07) is 12.3. The van der Waals surface area contributed by atoms with Gasteiger partial charge in [0.2, 0.25) is 5.75 Å². The molecule has 0 saturated carbocycles. The van der Waals surface area contributed by atoms with Gasteiger partial charge in [-0.1, -0.05) is 30.3 Å². The molecule has 0 aliphatic rings. The van der Waals surface area contributed by atoms with Crippen LogP contribution in [0.1, 0.15) is 24.1 Å². The quantitative estimate of drug-likeness (QED) is 0.432. The van der Waals surface area contributed by atoms with E-state index < -0.39 is 11.8 Å². The molecule has 0 spiro atoms. The first kappa shape index (κ1) is 20.8. The zero-order valence-corrected chi connectivity index (χ0v) is 16.2. The van der Waals surface area contributed by atoms with Crippen LogP contribution in [-0.4, -0.2) is 39.4 Å². The summed E-state index contributed by atoms with van der Waals surface area (Å²) in [7, 11) is 4.50. The first-order valence-electron chi connectivity index (χ1n) is 8.49. The van der Waals surface area contributed by atoms with Crippen molar-refractivity contribution in [3.63, 3.8) is 0 Å². The average Bonchev–Trinajstić information content (AvgIpc) is 2.73. The molecule has 0 bridgehead atoms. The summed E-state index contributed by atoms with van der Waals surface area (Å²) in [6.07, 6.45) is 1.37. The lowest BCUT2D eigenvalue weighted by Gasteiger charge is -2.13. The van der Waals surface area contributed by atoms with Gasteiger partial charge in [0, 0.05) is 5.56 Å². The third kappa shape index (κ3) is 5.23. The highest BCUT2D eigenvalue weighted by atomic mass is 16.5. The fourth-order valence-electron chi connectivity index (χ4n) is 2.48. The van der Waals surface area contributed by atoms with Crippen molar-refractivity contribution >= 4 is 18.0 Å². The standard InChI is InChI=1S/C20H23N3O5/c1-13(15-8-6-5-7-9-15)22-19(24)20(25)23-21-12-14-10-16(26-2)18(28-4)17(11-14)27-3/h5-13H,1-4H3,(H,22,24)(H,23,25)/b21-12-/t13-/m1/s1. The number of carbonyl (C=O) groups excluding carboxylic acids is 2. The second-order valence-corrected chi connectivity index (χ2v) is 5.76. The van der Waals surface area contributed by atoms with Gasteiger partial charge in [0.05, 0.1) is 33.6 Å². The maximum Gasteiger partial charge on any atom is 0.329 e. The molecule has 148 valence electrons. The maximum atomic E-state index is 12.0. The summed E-state index contributed by atoms with van der Waals surface area (Å²) in [5.41, 5.74) is 3.68. The Labute approximate surface area is 163 Å². The van der Waals surface area contributed by atoms with Crippen LogP contribution in [0.15, 0.2) is 47.6 Å². The van der Waals surface area contributed by atoms with E-state index >= 15 is 0 Å². The van der Waals surface area contributed by atoms with Crippen LogP contribution in [0.25, 0.3) is 0 Å². The largest absolute Gasteiger partial charge is 0.493 e. The van der Waals surface area contributed by atoms with Crippen molar-refractivity contribution in [2.24, 2.45) is 5.10 Å². The molecule has 2 amide bonds. The van der Waals surface area contributed by atoms with Crippen LogP contribution in [0.2, 0.25) is 0 Å². The number of nitrogens with one attached hydrogen (secondary N) is 2. The SMILES string of the molecule is COc1cc(/C=N\NC(=O)C(=O)N[C@H](C)c2ccccc2)cc(OC)c1OC. The number of rotatable bonds is 7. The van der Waals surface area contributed by atoms with Gasteiger partial charge in [0.25, 0.3) is 0 Å². The van der Waals surface area contributed by atoms with Crippen molar-refractivity contribution < 1.29 is 23.8 Å². The third-order valence-corrected chi connectivity index (χ3v) is 3.92. The van der Waals surface area contributed by atoms with Gasteiger partial charge in [-0.2, -0.15) is 5.10 Å². The van der Waals surface area contributed by atoms with E-state index in [0.717, 1.165) is 5.56 Å². The van der Waals surface area contributed by atoms with Crippen LogP contribution >= 0.6 is 0 Å². The zero-order valence-electron chi connectivity index (χ0n) is 16.2. The molecule has 0 radical (unpaired) electrons. The molecule has 0 fully saturated rings. The van der Waals surface area contributed by atoms with Gasteiger partial charge >= 0.3 is 11.8 Å². The molecule has 0 aromatic heterocycles. The number of hydrogen-bond donors (Lipinski definition) is 2. The summed E-state index contributed by atoms with van der Waals surface area (Å²) in [5.74, 6) is -0.307. The molecule has 0 aliphatic carbocycles. The predicted molar refractivity (Wildman–Crippen MR) is 105 cm³/mol. The van der Waals surface area contributed by atoms with Crippen LogP contribution in [0.5, 0.6) is 17.2 Å². The summed E-state index contributed by atoms with van der Waals surface area (Å²) in [5, 5.41) is 6.43. The fraction of sp³-hybridized carbons (Fsp3) is 0.250. The van der Waals surface area contributed by atoms with Crippen molar-refractivity contribution in [2.45, 2.75) is 13.0 Å². The van der Waals surface area contributed by atoms with Crippen LogP contribution < -0.4 is 25.0 Å². The molecule has 2 N–H and O–H groups in total. The van der Waals surface area contributed by atoms with E-state index in [1.165, 1.54) is 27.5 Å². The zero-order chi connectivity index (χ0) is 20.5. The molecule has 2 rings (SSSR count). The van der Waals surface area contributed by atoms with Gasteiger partial charge in [-0.15, -0.1) is 0 Å². The molecular formula is C20H23N3O5. The number of benzene rings is 2. The summed E-state index contributed by atoms with van der Waals surface area (Å²) in [6.45, 7) is 1.79. The van der Waals surface area contributed by atoms with E-state index in [1.54, 1.807) is 19.1 Å². The summed E-state index contributed by atoms with van der Waals surface area (Å²) < 4.78 is 15.7. The third-order valence-electron chi connectivity index (χ3n) is 3.92. The van der Waals surface area contributed by atoms with Gasteiger partial charge < -0.3 is 19.5 Å². The minimum Gasteiger partial charge on any atom is -0.493 e. The Balaban J connectivity index is 2.00. The Kier molecular flexibility index (Phi) is 7.38. The van der Waals surface area contributed by atoms with Gasteiger partial charge in [0.15, 0.2) is 11.5 Å². The van der Waals surface area contributed by atoms with Crippen LogP contribution in [0.4, 0.5) is 0 Å². The van der Waals surface area contributed by atoms with Crippen molar-refractivity contribution in [3.8, 4) is 17.2 Å². The van der Waals surface area contributed by atoms with Crippen molar-refractivity contribution in [1.29, 1.82) is 0 Å². The first-order chi connectivity index (χ1) is 13.5. The van der Waals surface area contributed by atoms with E-state index in [1.807, 2.05) is 30.3 Å². The topological polar surface area (TPSA) is 98.2 Å². The molecule has 2 aromatic rings. The summed E-state index contributed by atoms with van der Waals surface area (Å²) >= 11 is 0. The van der Waals surface area contributed by atoms with Crippen molar-refractivity contribution in [2.75, 3.05) is 21.3 Å². The van der Waals surface area contributed by atoms with Gasteiger partial charge in [-0.05, 0) is 24.6 Å². The molecule has 0 heterocycles. The average molecular weight is 385 g/mol. The Hall–Kier alpha value is -3.55. The van der Waals surface area contributed by atoms with E-state index in [4.69, 9.17) is 14.2 Å². The van der Waals surface area contributed by atoms with E-state index in [0.29, 0.717) is 22.8 Å². The fourth-order valence-corrected chi connectivity index (χ4v) is 2.48.